The third-order valence-electron chi connectivity index (χ3n) is 6.74. The summed E-state index contributed by atoms with van der Waals surface area (Å²) in [6.07, 6.45) is 0. The smallest absolute Gasteiger partial charge is 0.0104 e. The number of hydrogen-bond donors (Lipinski definition) is 0. The van der Waals surface area contributed by atoms with E-state index in [0.29, 0.717) is 0 Å². The van der Waals surface area contributed by atoms with E-state index in [0.717, 1.165) is 0 Å². The molecule has 0 amide bonds. The molecule has 6 rings (SSSR count). The molecule has 0 aliphatic heterocycles. The van der Waals surface area contributed by atoms with Gasteiger partial charge in [-0.2, -0.15) is 0 Å². The fourth-order valence-electron chi connectivity index (χ4n) is 5.11. The molecule has 158 valence electrons. The van der Waals surface area contributed by atoms with Gasteiger partial charge >= 0.3 is 0 Å². The number of aryl methyl sites for hydroxylation is 2. The molecular formula is C32H25P. The van der Waals surface area contributed by atoms with E-state index in [-0.39, 0.29) is 0 Å². The second kappa shape index (κ2) is 8.07. The normalized spacial score (nSPS) is 11.9. The monoisotopic (exact) mass is 440 g/mol. The lowest BCUT2D eigenvalue weighted by atomic mass is 9.95. The highest BCUT2D eigenvalue weighted by atomic mass is 31.1. The van der Waals surface area contributed by atoms with Crippen molar-refractivity contribution in [1.29, 1.82) is 0 Å². The van der Waals surface area contributed by atoms with E-state index >= 15 is 0 Å². The Balaban J connectivity index is 1.68. The Labute approximate surface area is 196 Å². The van der Waals surface area contributed by atoms with Crippen LogP contribution in [0.25, 0.3) is 48.6 Å². The molecule has 1 heterocycles. The fourth-order valence-corrected chi connectivity index (χ4v) is 7.96. The van der Waals surface area contributed by atoms with E-state index < -0.39 is 7.53 Å². The lowest BCUT2D eigenvalue weighted by molar-refractivity contribution is 1.44. The summed E-state index contributed by atoms with van der Waals surface area (Å²) < 4.78 is 0. The molecule has 0 spiro atoms. The lowest BCUT2D eigenvalue weighted by Crippen LogP contribution is -1.87. The highest BCUT2D eigenvalue weighted by molar-refractivity contribution is 7.68. The summed E-state index contributed by atoms with van der Waals surface area (Å²) in [5, 5.41) is 7.19. The van der Waals surface area contributed by atoms with E-state index in [1.807, 2.05) is 0 Å². The lowest BCUT2D eigenvalue weighted by Gasteiger charge is -2.13. The maximum absolute atomic E-state index is 2.41. The molecule has 1 aromatic heterocycles. The Morgan fingerprint density at radius 1 is 0.515 bits per heavy atom. The van der Waals surface area contributed by atoms with Crippen molar-refractivity contribution in [2.24, 2.45) is 0 Å². The maximum Gasteiger partial charge on any atom is 0.0104 e. The van der Waals surface area contributed by atoms with Crippen molar-refractivity contribution in [3.63, 3.8) is 0 Å². The Bertz CT molecular complexity index is 1620. The quantitative estimate of drug-likeness (QED) is 0.257. The molecule has 0 aliphatic carbocycles. The first-order valence-electron chi connectivity index (χ1n) is 11.5. The molecule has 0 saturated heterocycles. The largest absolute Gasteiger partial charge is 0.0769 e. The third-order valence-corrected chi connectivity index (χ3v) is 9.43. The van der Waals surface area contributed by atoms with Gasteiger partial charge in [0, 0.05) is 10.2 Å². The molecule has 0 N–H and O–H groups in total. The predicted molar refractivity (Wildman–Crippen MR) is 146 cm³/mol. The van der Waals surface area contributed by atoms with Crippen molar-refractivity contribution in [1.82, 2.24) is 0 Å². The van der Waals surface area contributed by atoms with E-state index in [2.05, 4.69) is 129 Å². The number of benzene rings is 5. The molecule has 1 unspecified atom stereocenters. The molecule has 0 nitrogen and oxygen atoms in total. The van der Waals surface area contributed by atoms with Crippen LogP contribution in [0.4, 0.5) is 0 Å². The van der Waals surface area contributed by atoms with Crippen LogP contribution in [0.2, 0.25) is 0 Å². The third kappa shape index (κ3) is 3.30. The molecular weight excluding hydrogens is 415 g/mol. The van der Waals surface area contributed by atoms with Gasteiger partial charge in [-0.05, 0) is 69.4 Å². The van der Waals surface area contributed by atoms with Gasteiger partial charge in [0.2, 0.25) is 0 Å². The van der Waals surface area contributed by atoms with Gasteiger partial charge in [-0.1, -0.05) is 117 Å². The molecule has 0 saturated carbocycles. The molecule has 1 atom stereocenters. The molecule has 1 heteroatoms. The van der Waals surface area contributed by atoms with Gasteiger partial charge in [-0.25, -0.2) is 0 Å². The van der Waals surface area contributed by atoms with Crippen molar-refractivity contribution in [3.8, 4) is 27.6 Å². The summed E-state index contributed by atoms with van der Waals surface area (Å²) >= 11 is 0. The van der Waals surface area contributed by atoms with Gasteiger partial charge in [0.05, 0.1) is 0 Å². The molecule has 0 radical (unpaired) electrons. The Morgan fingerprint density at radius 3 is 2.09 bits per heavy atom. The van der Waals surface area contributed by atoms with E-state index in [4.69, 9.17) is 0 Å². The average molecular weight is 441 g/mol. The van der Waals surface area contributed by atoms with Crippen LogP contribution in [0.5, 0.6) is 0 Å². The SMILES string of the molecule is Cc1ccccc1-c1ccc2c3ccccc3p(-c3cccc(-c4ccccc4)c3)c2c1C. The number of hydrogen-bond acceptors (Lipinski definition) is 0. The first-order valence-corrected chi connectivity index (χ1v) is 12.8. The molecule has 0 aliphatic rings. The van der Waals surface area contributed by atoms with Crippen LogP contribution in [-0.4, -0.2) is 0 Å². The Kier molecular flexibility index (Phi) is 4.90. The van der Waals surface area contributed by atoms with Gasteiger partial charge in [-0.3, -0.25) is 0 Å². The fraction of sp³-hybridized carbons (Fsp3) is 0.0625. The van der Waals surface area contributed by atoms with Crippen LogP contribution in [0.15, 0.2) is 115 Å². The standard InChI is InChI=1S/C32H25P/c1-22-11-6-7-16-27(22)28-19-20-30-29-17-8-9-18-31(29)33(32(30)23(28)2)26-15-10-14-25(21-26)24-12-4-3-5-13-24/h3-21H,1-2H3. The Morgan fingerprint density at radius 2 is 1.24 bits per heavy atom. The molecule has 33 heavy (non-hydrogen) atoms. The first-order chi connectivity index (χ1) is 16.2. The van der Waals surface area contributed by atoms with Crippen LogP contribution in [0.1, 0.15) is 11.1 Å². The molecule has 0 bridgehead atoms. The Hall–Kier alpha value is -3.60. The zero-order valence-electron chi connectivity index (χ0n) is 18.9. The van der Waals surface area contributed by atoms with Crippen molar-refractivity contribution in [2.75, 3.05) is 0 Å². The molecule has 0 fully saturated rings. The average Bonchev–Trinajstić information content (AvgIpc) is 3.21. The van der Waals surface area contributed by atoms with Crippen LogP contribution in [-0.2, 0) is 0 Å². The summed E-state index contributed by atoms with van der Waals surface area (Å²) in [5.41, 5.74) is 7.98. The van der Waals surface area contributed by atoms with Gasteiger partial charge in [0.25, 0.3) is 0 Å². The predicted octanol–water partition coefficient (Wildman–Crippen LogP) is 9.92. The zero-order valence-corrected chi connectivity index (χ0v) is 19.8. The van der Waals surface area contributed by atoms with Gasteiger partial charge < -0.3 is 0 Å². The van der Waals surface area contributed by atoms with Crippen LogP contribution in [0.3, 0.4) is 0 Å². The van der Waals surface area contributed by atoms with Crippen molar-refractivity contribution in [2.45, 2.75) is 13.8 Å². The minimum absolute atomic E-state index is 0.616. The first kappa shape index (κ1) is 20.0. The van der Waals surface area contributed by atoms with E-state index in [1.165, 1.54) is 59.7 Å². The number of fused-ring (bicyclic) bond motifs is 3. The minimum atomic E-state index is -0.616. The highest BCUT2D eigenvalue weighted by Gasteiger charge is 2.18. The van der Waals surface area contributed by atoms with Crippen molar-refractivity contribution < 1.29 is 0 Å². The molecule has 6 aromatic rings. The summed E-state index contributed by atoms with van der Waals surface area (Å²) in [6.45, 7) is 4.53. The summed E-state index contributed by atoms with van der Waals surface area (Å²) in [4.78, 5) is 0. The second-order valence-corrected chi connectivity index (χ2v) is 10.8. The minimum Gasteiger partial charge on any atom is -0.0769 e. The van der Waals surface area contributed by atoms with Gasteiger partial charge in [-0.15, -0.1) is 0 Å². The van der Waals surface area contributed by atoms with Gasteiger partial charge in [0.15, 0.2) is 0 Å². The van der Waals surface area contributed by atoms with E-state index in [9.17, 15) is 0 Å². The van der Waals surface area contributed by atoms with Crippen molar-refractivity contribution in [3.05, 3.63) is 126 Å². The van der Waals surface area contributed by atoms with Crippen LogP contribution < -0.4 is 0 Å². The second-order valence-electron chi connectivity index (χ2n) is 8.72. The topological polar surface area (TPSA) is 0 Å². The van der Waals surface area contributed by atoms with E-state index in [1.54, 1.807) is 0 Å². The van der Waals surface area contributed by atoms with Crippen LogP contribution in [0, 0.1) is 13.8 Å². The highest BCUT2D eigenvalue weighted by Crippen LogP contribution is 2.57. The number of rotatable bonds is 3. The maximum atomic E-state index is 2.41. The van der Waals surface area contributed by atoms with Crippen molar-refractivity contribution >= 4 is 28.5 Å². The van der Waals surface area contributed by atoms with Gasteiger partial charge in [0.1, 0.15) is 0 Å². The van der Waals surface area contributed by atoms with Crippen LogP contribution >= 0.6 is 7.53 Å². The molecule has 5 aromatic carbocycles. The summed E-state index contributed by atoms with van der Waals surface area (Å²) in [7, 11) is -0.616. The summed E-state index contributed by atoms with van der Waals surface area (Å²) in [5.74, 6) is 0. The summed E-state index contributed by atoms with van der Waals surface area (Å²) in [6, 6.07) is 42.3. The zero-order chi connectivity index (χ0) is 22.4.